The van der Waals surface area contributed by atoms with Crippen LogP contribution in [-0.2, 0) is 13.0 Å². The van der Waals surface area contributed by atoms with Crippen molar-refractivity contribution in [3.8, 4) is 0 Å². The van der Waals surface area contributed by atoms with Gasteiger partial charge in [-0.1, -0.05) is 49.1 Å². The van der Waals surface area contributed by atoms with Gasteiger partial charge in [0.05, 0.1) is 6.54 Å². The average molecular weight is 410 g/mol. The van der Waals surface area contributed by atoms with Crippen LogP contribution in [0.1, 0.15) is 53.6 Å². The first-order chi connectivity index (χ1) is 14.0. The van der Waals surface area contributed by atoms with E-state index in [4.69, 9.17) is 16.6 Å². The van der Waals surface area contributed by atoms with E-state index in [-0.39, 0.29) is 11.3 Å². The molecule has 4 rings (SSSR count). The normalized spacial score (nSPS) is 18.9. The third kappa shape index (κ3) is 4.04. The summed E-state index contributed by atoms with van der Waals surface area (Å²) >= 11 is 6.15. The number of carbonyl (C=O) groups is 1. The lowest BCUT2D eigenvalue weighted by molar-refractivity contribution is 0.0826. The second-order valence-corrected chi connectivity index (χ2v) is 8.91. The van der Waals surface area contributed by atoms with E-state index in [1.165, 1.54) is 19.3 Å². The molecule has 1 aliphatic heterocycles. The van der Waals surface area contributed by atoms with Crippen LogP contribution in [0.15, 0.2) is 47.5 Å². The number of benzene rings is 2. The van der Waals surface area contributed by atoms with E-state index in [0.717, 1.165) is 52.5 Å². The summed E-state index contributed by atoms with van der Waals surface area (Å²) in [7, 11) is 3.62. The summed E-state index contributed by atoms with van der Waals surface area (Å²) < 4.78 is 0. The molecule has 0 aromatic heterocycles. The van der Waals surface area contributed by atoms with Crippen molar-refractivity contribution < 1.29 is 4.79 Å². The van der Waals surface area contributed by atoms with E-state index in [2.05, 4.69) is 17.4 Å². The molecule has 0 saturated heterocycles. The first-order valence-corrected chi connectivity index (χ1v) is 10.8. The number of rotatable bonds is 3. The number of nitrogens with zero attached hydrogens (tertiary/aromatic N) is 2. The first kappa shape index (κ1) is 20.0. The zero-order valence-corrected chi connectivity index (χ0v) is 17.9. The highest BCUT2D eigenvalue weighted by Crippen LogP contribution is 2.46. The molecule has 1 heterocycles. The molecule has 4 nitrogen and oxygen atoms in total. The Morgan fingerprint density at radius 3 is 2.62 bits per heavy atom. The van der Waals surface area contributed by atoms with E-state index >= 15 is 0 Å². The topological polar surface area (TPSA) is 44.7 Å². The number of halogens is 1. The predicted octanol–water partition coefficient (Wildman–Crippen LogP) is 5.56. The summed E-state index contributed by atoms with van der Waals surface area (Å²) in [4.78, 5) is 19.5. The van der Waals surface area contributed by atoms with Gasteiger partial charge in [0.25, 0.3) is 5.91 Å². The highest BCUT2D eigenvalue weighted by atomic mass is 35.5. The molecular formula is C24H28ClN3O. The van der Waals surface area contributed by atoms with Crippen LogP contribution in [0.4, 0.5) is 5.69 Å². The molecule has 152 valence electrons. The van der Waals surface area contributed by atoms with E-state index in [1.54, 1.807) is 4.90 Å². The Morgan fingerprint density at radius 1 is 1.14 bits per heavy atom. The average Bonchev–Trinajstić information content (AvgIpc) is 2.72. The molecule has 0 bridgehead atoms. The number of amides is 1. The Hall–Kier alpha value is -2.33. The molecule has 1 fully saturated rings. The molecule has 1 N–H and O–H groups in total. The van der Waals surface area contributed by atoms with Crippen molar-refractivity contribution in [2.75, 3.05) is 19.4 Å². The van der Waals surface area contributed by atoms with Crippen LogP contribution in [0.2, 0.25) is 5.02 Å². The second-order valence-electron chi connectivity index (χ2n) is 8.47. The highest BCUT2D eigenvalue weighted by Gasteiger charge is 2.42. The lowest BCUT2D eigenvalue weighted by Gasteiger charge is -2.43. The SMILES string of the molecule is CN(C)C(=O)c1cccc2c1CC1(CCCCC1)C(=NCc1cccc(Cl)c1)N2. The number of amidine groups is 1. The third-order valence-corrected chi connectivity index (χ3v) is 6.44. The molecule has 0 unspecified atom stereocenters. The van der Waals surface area contributed by atoms with Crippen LogP contribution in [0.3, 0.4) is 0 Å². The van der Waals surface area contributed by atoms with Gasteiger partial charge in [0.2, 0.25) is 0 Å². The van der Waals surface area contributed by atoms with Gasteiger partial charge in [-0.3, -0.25) is 9.79 Å². The second kappa shape index (κ2) is 8.19. The molecule has 29 heavy (non-hydrogen) atoms. The summed E-state index contributed by atoms with van der Waals surface area (Å²) in [6, 6.07) is 13.9. The maximum atomic E-state index is 12.8. The molecule has 1 aliphatic carbocycles. The van der Waals surface area contributed by atoms with Crippen LogP contribution in [-0.4, -0.2) is 30.7 Å². The van der Waals surface area contributed by atoms with Crippen molar-refractivity contribution in [3.63, 3.8) is 0 Å². The van der Waals surface area contributed by atoms with Gasteiger partial charge in [-0.2, -0.15) is 0 Å². The lowest BCUT2D eigenvalue weighted by atomic mass is 9.67. The maximum Gasteiger partial charge on any atom is 0.253 e. The van der Waals surface area contributed by atoms with E-state index < -0.39 is 0 Å². The number of nitrogens with one attached hydrogen (secondary N) is 1. The minimum atomic E-state index is -0.00742. The first-order valence-electron chi connectivity index (χ1n) is 10.4. The summed E-state index contributed by atoms with van der Waals surface area (Å²) in [6.45, 7) is 0.607. The molecule has 2 aliphatic rings. The van der Waals surface area contributed by atoms with Crippen molar-refractivity contribution in [2.45, 2.75) is 45.1 Å². The van der Waals surface area contributed by atoms with Crippen molar-refractivity contribution in [2.24, 2.45) is 10.4 Å². The number of aliphatic imine (C=N–C) groups is 1. The van der Waals surface area contributed by atoms with Crippen molar-refractivity contribution >= 4 is 29.0 Å². The summed E-state index contributed by atoms with van der Waals surface area (Å²) in [5, 5.41) is 4.36. The molecule has 5 heteroatoms. The monoisotopic (exact) mass is 409 g/mol. The fourth-order valence-electron chi connectivity index (χ4n) is 4.67. The van der Waals surface area contributed by atoms with Gasteiger partial charge in [0.1, 0.15) is 5.84 Å². The van der Waals surface area contributed by atoms with E-state index in [0.29, 0.717) is 6.54 Å². The van der Waals surface area contributed by atoms with Gasteiger partial charge in [-0.15, -0.1) is 0 Å². The van der Waals surface area contributed by atoms with E-state index in [1.807, 2.05) is 44.4 Å². The fourth-order valence-corrected chi connectivity index (χ4v) is 4.89. The fraction of sp³-hybridized carbons (Fsp3) is 0.417. The Labute approximate surface area is 178 Å². The van der Waals surface area contributed by atoms with Gasteiger partial charge in [0.15, 0.2) is 0 Å². The summed E-state index contributed by atoms with van der Waals surface area (Å²) in [5.41, 5.74) is 4.06. The molecule has 1 amide bonds. The Morgan fingerprint density at radius 2 is 1.90 bits per heavy atom. The summed E-state index contributed by atoms with van der Waals surface area (Å²) in [5.74, 6) is 1.13. The predicted molar refractivity (Wildman–Crippen MR) is 120 cm³/mol. The smallest absolute Gasteiger partial charge is 0.253 e. The van der Waals surface area contributed by atoms with Crippen LogP contribution in [0.25, 0.3) is 0 Å². The number of hydrogen-bond acceptors (Lipinski definition) is 2. The third-order valence-electron chi connectivity index (χ3n) is 6.20. The molecule has 0 radical (unpaired) electrons. The molecule has 2 aromatic carbocycles. The zero-order valence-electron chi connectivity index (χ0n) is 17.2. The quantitative estimate of drug-likeness (QED) is 0.721. The molecule has 0 atom stereocenters. The Balaban J connectivity index is 1.72. The minimum Gasteiger partial charge on any atom is -0.345 e. The highest BCUT2D eigenvalue weighted by molar-refractivity contribution is 6.30. The van der Waals surface area contributed by atoms with Gasteiger partial charge < -0.3 is 10.2 Å². The zero-order chi connectivity index (χ0) is 20.4. The van der Waals surface area contributed by atoms with Gasteiger partial charge in [-0.25, -0.2) is 0 Å². The molecule has 2 aromatic rings. The number of anilines is 1. The summed E-state index contributed by atoms with van der Waals surface area (Å²) in [6.07, 6.45) is 6.78. The van der Waals surface area contributed by atoms with Crippen LogP contribution < -0.4 is 5.32 Å². The van der Waals surface area contributed by atoms with Gasteiger partial charge >= 0.3 is 0 Å². The van der Waals surface area contributed by atoms with Gasteiger partial charge in [0, 0.05) is 35.8 Å². The Kier molecular flexibility index (Phi) is 5.64. The molecular weight excluding hydrogens is 382 g/mol. The van der Waals surface area contributed by atoms with Crippen molar-refractivity contribution in [1.82, 2.24) is 4.90 Å². The number of fused-ring (bicyclic) bond motifs is 1. The largest absolute Gasteiger partial charge is 0.345 e. The molecule has 1 spiro atoms. The van der Waals surface area contributed by atoms with Crippen LogP contribution in [0.5, 0.6) is 0 Å². The maximum absolute atomic E-state index is 12.8. The van der Waals surface area contributed by atoms with E-state index in [9.17, 15) is 4.79 Å². The minimum absolute atomic E-state index is 0.00742. The number of carbonyl (C=O) groups excluding carboxylic acids is 1. The molecule has 1 saturated carbocycles. The van der Waals surface area contributed by atoms with Crippen LogP contribution in [0, 0.1) is 5.41 Å². The van der Waals surface area contributed by atoms with Crippen molar-refractivity contribution in [3.05, 3.63) is 64.2 Å². The van der Waals surface area contributed by atoms with Crippen molar-refractivity contribution in [1.29, 1.82) is 0 Å². The van der Waals surface area contributed by atoms with Gasteiger partial charge in [-0.05, 0) is 54.7 Å². The number of hydrogen-bond donors (Lipinski definition) is 1. The standard InChI is InChI=1S/C24H28ClN3O/c1-28(2)22(29)19-10-7-11-21-20(19)15-24(12-4-3-5-13-24)23(27-21)26-16-17-8-6-9-18(25)14-17/h6-11,14H,3-5,12-13,15-16H2,1-2H3,(H,26,27). The Bertz CT molecular complexity index is 945. The lowest BCUT2D eigenvalue weighted by Crippen LogP contribution is -2.44. The van der Waals surface area contributed by atoms with Crippen LogP contribution >= 0.6 is 11.6 Å².